The second kappa shape index (κ2) is 7.22. The Balaban J connectivity index is 1.85. The fourth-order valence-electron chi connectivity index (χ4n) is 3.80. The third-order valence-corrected chi connectivity index (χ3v) is 5.41. The van der Waals surface area contributed by atoms with E-state index in [-0.39, 0.29) is 6.10 Å². The van der Waals surface area contributed by atoms with Gasteiger partial charge in [-0.15, -0.1) is 0 Å². The van der Waals surface area contributed by atoms with Crippen molar-refractivity contribution < 1.29 is 19.4 Å². The summed E-state index contributed by atoms with van der Waals surface area (Å²) in [4.78, 5) is 12.5. The minimum absolute atomic E-state index is 0.205. The molecule has 1 amide bonds. The number of likely N-dealkylation sites (tertiary alicyclic amines) is 1. The first kappa shape index (κ1) is 17.4. The molecule has 2 aliphatic rings. The molecule has 0 radical (unpaired) electrons. The van der Waals surface area contributed by atoms with Gasteiger partial charge in [0.15, 0.2) is 11.5 Å². The predicted molar refractivity (Wildman–Crippen MR) is 92.0 cm³/mol. The van der Waals surface area contributed by atoms with E-state index < -0.39 is 11.5 Å². The van der Waals surface area contributed by atoms with Gasteiger partial charge in [0.05, 0.1) is 24.7 Å². The van der Waals surface area contributed by atoms with Crippen LogP contribution in [-0.2, 0) is 5.41 Å². The van der Waals surface area contributed by atoms with E-state index in [1.807, 2.05) is 18.2 Å². The highest BCUT2D eigenvalue weighted by Gasteiger charge is 2.38. The molecule has 1 N–H and O–H groups in total. The first-order chi connectivity index (χ1) is 12.1. The highest BCUT2D eigenvalue weighted by Crippen LogP contribution is 2.40. The Morgan fingerprint density at radius 1 is 1.28 bits per heavy atom. The summed E-state index contributed by atoms with van der Waals surface area (Å²) in [6.45, 7) is 0.738. The average Bonchev–Trinajstić information content (AvgIpc) is 3.14. The molecule has 1 aliphatic carbocycles. The number of amides is 1. The topological polar surface area (TPSA) is 82.8 Å². The molecule has 0 aromatic heterocycles. The van der Waals surface area contributed by atoms with E-state index in [2.05, 4.69) is 6.07 Å². The van der Waals surface area contributed by atoms with E-state index in [9.17, 15) is 10.1 Å². The number of benzene rings is 1. The fourth-order valence-corrected chi connectivity index (χ4v) is 3.80. The lowest BCUT2D eigenvalue weighted by molar-refractivity contribution is 0.125. The van der Waals surface area contributed by atoms with Crippen LogP contribution in [0, 0.1) is 11.3 Å². The van der Waals surface area contributed by atoms with Gasteiger partial charge in [-0.25, -0.2) is 4.79 Å². The lowest BCUT2D eigenvalue weighted by atomic mass is 9.74. The Kier molecular flexibility index (Phi) is 5.03. The van der Waals surface area contributed by atoms with Crippen molar-refractivity contribution in [3.8, 4) is 17.6 Å². The van der Waals surface area contributed by atoms with Crippen molar-refractivity contribution in [3.05, 3.63) is 23.8 Å². The zero-order valence-electron chi connectivity index (χ0n) is 14.5. The number of carboxylic acid groups (broad SMARTS) is 1. The number of hydrogen-bond acceptors (Lipinski definition) is 4. The molecule has 2 fully saturated rings. The summed E-state index contributed by atoms with van der Waals surface area (Å²) in [5, 5.41) is 19.0. The van der Waals surface area contributed by atoms with Crippen LogP contribution >= 0.6 is 0 Å². The summed E-state index contributed by atoms with van der Waals surface area (Å²) in [6.07, 6.45) is 4.72. The summed E-state index contributed by atoms with van der Waals surface area (Å²) in [5.74, 6) is 1.36. The van der Waals surface area contributed by atoms with E-state index >= 15 is 0 Å². The van der Waals surface area contributed by atoms with Crippen LogP contribution in [0.3, 0.4) is 0 Å². The van der Waals surface area contributed by atoms with E-state index in [0.717, 1.165) is 18.4 Å². The molecule has 0 atom stereocenters. The molecule has 0 spiro atoms. The maximum Gasteiger partial charge on any atom is 0.407 e. The van der Waals surface area contributed by atoms with Crippen LogP contribution in [0.4, 0.5) is 4.79 Å². The van der Waals surface area contributed by atoms with Crippen LogP contribution in [0.25, 0.3) is 0 Å². The van der Waals surface area contributed by atoms with E-state index in [1.165, 1.54) is 17.7 Å². The predicted octanol–water partition coefficient (Wildman–Crippen LogP) is 3.55. The van der Waals surface area contributed by atoms with Crippen LogP contribution in [-0.4, -0.2) is 42.4 Å². The van der Waals surface area contributed by atoms with E-state index in [0.29, 0.717) is 37.4 Å². The molecule has 6 nitrogen and oxygen atoms in total. The largest absolute Gasteiger partial charge is 0.493 e. The smallest absolute Gasteiger partial charge is 0.407 e. The number of rotatable bonds is 4. The lowest BCUT2D eigenvalue weighted by Gasteiger charge is -2.36. The van der Waals surface area contributed by atoms with E-state index in [1.54, 1.807) is 7.11 Å². The number of hydrogen-bond donors (Lipinski definition) is 1. The van der Waals surface area contributed by atoms with Gasteiger partial charge < -0.3 is 19.5 Å². The number of carbonyl (C=O) groups is 1. The van der Waals surface area contributed by atoms with Crippen molar-refractivity contribution in [2.75, 3.05) is 20.2 Å². The Morgan fingerprint density at radius 3 is 2.52 bits per heavy atom. The van der Waals surface area contributed by atoms with Crippen molar-refractivity contribution in [1.29, 1.82) is 5.26 Å². The summed E-state index contributed by atoms with van der Waals surface area (Å²) in [7, 11) is 1.61. The molecule has 25 heavy (non-hydrogen) atoms. The molecule has 0 unspecified atom stereocenters. The van der Waals surface area contributed by atoms with Gasteiger partial charge in [-0.05, 0) is 56.2 Å². The quantitative estimate of drug-likeness (QED) is 0.903. The zero-order valence-corrected chi connectivity index (χ0v) is 14.5. The Morgan fingerprint density at radius 2 is 1.96 bits per heavy atom. The molecule has 6 heteroatoms. The molecule has 1 saturated carbocycles. The summed E-state index contributed by atoms with van der Waals surface area (Å²) >= 11 is 0. The maximum atomic E-state index is 11.1. The van der Waals surface area contributed by atoms with Gasteiger partial charge in [0.25, 0.3) is 0 Å². The van der Waals surface area contributed by atoms with Crippen LogP contribution in [0.15, 0.2) is 18.2 Å². The summed E-state index contributed by atoms with van der Waals surface area (Å²) < 4.78 is 11.6. The van der Waals surface area contributed by atoms with Crippen molar-refractivity contribution in [1.82, 2.24) is 4.90 Å². The fraction of sp³-hybridized carbons (Fsp3) is 0.579. The van der Waals surface area contributed by atoms with Crippen molar-refractivity contribution in [2.24, 2.45) is 0 Å². The van der Waals surface area contributed by atoms with Crippen molar-refractivity contribution in [3.63, 3.8) is 0 Å². The van der Waals surface area contributed by atoms with Gasteiger partial charge in [0, 0.05) is 13.1 Å². The van der Waals surface area contributed by atoms with Crippen molar-refractivity contribution >= 4 is 6.09 Å². The molecular formula is C19H24N2O4. The monoisotopic (exact) mass is 344 g/mol. The molecular weight excluding hydrogens is 320 g/mol. The first-order valence-electron chi connectivity index (χ1n) is 8.82. The highest BCUT2D eigenvalue weighted by molar-refractivity contribution is 5.65. The Labute approximate surface area is 147 Å². The molecule has 0 bridgehead atoms. The summed E-state index contributed by atoms with van der Waals surface area (Å²) in [6, 6.07) is 8.10. The standard InChI is InChI=1S/C19H24N2O4/c1-24-16-7-6-14(12-17(16)25-15-4-2-3-5-15)19(13-20)8-10-21(11-9-19)18(22)23/h6-7,12,15H,2-5,8-11H2,1H3,(H,22,23). The molecule has 1 heterocycles. The average molecular weight is 344 g/mol. The number of ether oxygens (including phenoxy) is 2. The number of methoxy groups -OCH3 is 1. The number of nitrogens with zero attached hydrogens (tertiary/aromatic N) is 2. The van der Waals surface area contributed by atoms with Crippen LogP contribution in [0.2, 0.25) is 0 Å². The SMILES string of the molecule is COc1ccc(C2(C#N)CCN(C(=O)O)CC2)cc1OC1CCCC1. The van der Waals surface area contributed by atoms with Gasteiger partial charge in [0.2, 0.25) is 0 Å². The number of nitriles is 1. The van der Waals surface area contributed by atoms with Gasteiger partial charge in [0.1, 0.15) is 0 Å². The normalized spacial score (nSPS) is 20.1. The second-order valence-electron chi connectivity index (χ2n) is 6.85. The minimum atomic E-state index is -0.925. The second-order valence-corrected chi connectivity index (χ2v) is 6.85. The molecule has 3 rings (SSSR count). The molecule has 134 valence electrons. The van der Waals surface area contributed by atoms with Gasteiger partial charge in [-0.1, -0.05) is 6.07 Å². The van der Waals surface area contributed by atoms with Crippen LogP contribution < -0.4 is 9.47 Å². The Bertz CT molecular complexity index is 668. The molecule has 1 aromatic rings. The van der Waals surface area contributed by atoms with Gasteiger partial charge in [-0.3, -0.25) is 0 Å². The third-order valence-electron chi connectivity index (χ3n) is 5.41. The highest BCUT2D eigenvalue weighted by atomic mass is 16.5. The first-order valence-corrected chi connectivity index (χ1v) is 8.82. The Hall–Kier alpha value is -2.42. The molecule has 1 aliphatic heterocycles. The van der Waals surface area contributed by atoms with E-state index in [4.69, 9.17) is 14.6 Å². The molecule has 1 saturated heterocycles. The maximum absolute atomic E-state index is 11.1. The van der Waals surface area contributed by atoms with Crippen LogP contribution in [0.5, 0.6) is 11.5 Å². The lowest BCUT2D eigenvalue weighted by Crippen LogP contribution is -2.44. The third kappa shape index (κ3) is 3.51. The van der Waals surface area contributed by atoms with Crippen molar-refractivity contribution in [2.45, 2.75) is 50.0 Å². The molecule has 1 aromatic carbocycles. The zero-order chi connectivity index (χ0) is 17.9. The number of piperidine rings is 1. The van der Waals surface area contributed by atoms with Crippen LogP contribution in [0.1, 0.15) is 44.1 Å². The van der Waals surface area contributed by atoms with Gasteiger partial charge >= 0.3 is 6.09 Å². The minimum Gasteiger partial charge on any atom is -0.493 e. The summed E-state index contributed by atoms with van der Waals surface area (Å²) in [5.41, 5.74) is 0.209. The van der Waals surface area contributed by atoms with Gasteiger partial charge in [-0.2, -0.15) is 5.26 Å².